The summed E-state index contributed by atoms with van der Waals surface area (Å²) in [5.41, 5.74) is 13.9. The number of hydrogen-bond acceptors (Lipinski definition) is 4. The van der Waals surface area contributed by atoms with Crippen LogP contribution in [0.5, 0.6) is 5.75 Å². The quantitative estimate of drug-likeness (QED) is 0.781. The summed E-state index contributed by atoms with van der Waals surface area (Å²) < 4.78 is 5.40. The third-order valence-electron chi connectivity index (χ3n) is 6.09. The zero-order chi connectivity index (χ0) is 16.2. The highest BCUT2D eigenvalue weighted by Gasteiger charge is 2.53. The summed E-state index contributed by atoms with van der Waals surface area (Å²) in [7, 11) is 1.66. The van der Waals surface area contributed by atoms with Gasteiger partial charge >= 0.3 is 0 Å². The minimum atomic E-state index is -0.928. The van der Waals surface area contributed by atoms with Gasteiger partial charge in [0.25, 0.3) is 0 Å². The van der Waals surface area contributed by atoms with Crippen LogP contribution in [-0.2, 0) is 16.8 Å². The average molecular weight is 315 g/mol. The van der Waals surface area contributed by atoms with Gasteiger partial charge in [0.05, 0.1) is 7.11 Å². The summed E-state index contributed by atoms with van der Waals surface area (Å²) in [4.78, 5) is 12.8. The second kappa shape index (κ2) is 4.95. The lowest BCUT2D eigenvalue weighted by Gasteiger charge is -2.57. The van der Waals surface area contributed by atoms with E-state index in [1.807, 2.05) is 18.2 Å². The summed E-state index contributed by atoms with van der Waals surface area (Å²) >= 11 is 0. The molecule has 5 nitrogen and oxygen atoms in total. The van der Waals surface area contributed by atoms with Crippen LogP contribution in [0.4, 0.5) is 0 Å². The molecule has 0 radical (unpaired) electrons. The third kappa shape index (κ3) is 2.17. The second-order valence-electron chi connectivity index (χ2n) is 7.70. The maximum atomic E-state index is 12.8. The zero-order valence-electron chi connectivity index (χ0n) is 13.6. The number of amides is 1. The lowest BCUT2D eigenvalue weighted by molar-refractivity contribution is -0.130. The molecule has 124 valence electrons. The molecule has 0 saturated heterocycles. The smallest absolute Gasteiger partial charge is 0.244 e. The number of carbonyl (C=O) groups is 1. The first kappa shape index (κ1) is 15.0. The van der Waals surface area contributed by atoms with Gasteiger partial charge in [-0.2, -0.15) is 0 Å². The Kier molecular flexibility index (Phi) is 3.22. The molecule has 0 aliphatic heterocycles. The molecular formula is C18H25N3O2. The Balaban J connectivity index is 1.46. The number of nitrogens with one attached hydrogen (secondary N) is 1. The van der Waals surface area contributed by atoms with Gasteiger partial charge in [-0.3, -0.25) is 4.79 Å². The van der Waals surface area contributed by atoms with E-state index in [1.54, 1.807) is 7.11 Å². The monoisotopic (exact) mass is 315 g/mol. The number of ether oxygens (including phenoxy) is 1. The minimum Gasteiger partial charge on any atom is -0.496 e. The van der Waals surface area contributed by atoms with Crippen LogP contribution in [-0.4, -0.2) is 25.1 Å². The van der Waals surface area contributed by atoms with Crippen molar-refractivity contribution in [2.45, 2.75) is 56.1 Å². The molecule has 1 aromatic rings. The van der Waals surface area contributed by atoms with Crippen LogP contribution < -0.4 is 21.5 Å². The highest BCUT2D eigenvalue weighted by atomic mass is 16.5. The van der Waals surface area contributed by atoms with Crippen molar-refractivity contribution in [3.05, 3.63) is 29.3 Å². The molecule has 4 rings (SSSR count). The standard InChI is InChI=1S/C18H25N3O2/c1-23-15-4-2-3-14-13(15)5-6-18(14,20)16(22)21-12-9-17(10-12)7-11(19)8-17/h2-4,11-12H,5-10,19-20H2,1H3,(H,21,22). The van der Waals surface area contributed by atoms with Gasteiger partial charge in [-0.15, -0.1) is 0 Å². The lowest BCUT2D eigenvalue weighted by atomic mass is 9.52. The van der Waals surface area contributed by atoms with Crippen molar-refractivity contribution in [1.29, 1.82) is 0 Å². The van der Waals surface area contributed by atoms with Gasteiger partial charge in [0.2, 0.25) is 5.91 Å². The molecule has 1 spiro atoms. The van der Waals surface area contributed by atoms with Crippen molar-refractivity contribution in [2.24, 2.45) is 16.9 Å². The Hall–Kier alpha value is -1.59. The molecule has 2 fully saturated rings. The van der Waals surface area contributed by atoms with E-state index in [0.717, 1.165) is 49.0 Å². The van der Waals surface area contributed by atoms with E-state index in [-0.39, 0.29) is 11.9 Å². The SMILES string of the molecule is COc1cccc2c1CCC2(N)C(=O)NC1CC2(CC(N)C2)C1. The third-order valence-corrected chi connectivity index (χ3v) is 6.09. The number of hydrogen-bond donors (Lipinski definition) is 3. The molecule has 0 heterocycles. The molecule has 1 aromatic carbocycles. The Morgan fingerprint density at radius 3 is 2.70 bits per heavy atom. The normalized spacial score (nSPS) is 37.7. The van der Waals surface area contributed by atoms with Crippen LogP contribution >= 0.6 is 0 Å². The fraction of sp³-hybridized carbons (Fsp3) is 0.611. The van der Waals surface area contributed by atoms with Crippen LogP contribution in [0.2, 0.25) is 0 Å². The van der Waals surface area contributed by atoms with E-state index in [4.69, 9.17) is 16.2 Å². The summed E-state index contributed by atoms with van der Waals surface area (Å²) in [5.74, 6) is 0.779. The van der Waals surface area contributed by atoms with Gasteiger partial charge in [0.15, 0.2) is 0 Å². The molecule has 5 heteroatoms. The fourth-order valence-electron chi connectivity index (χ4n) is 4.91. The molecule has 1 unspecified atom stereocenters. The number of nitrogens with two attached hydrogens (primary N) is 2. The van der Waals surface area contributed by atoms with Gasteiger partial charge in [-0.05, 0) is 61.1 Å². The maximum Gasteiger partial charge on any atom is 0.244 e. The first-order chi connectivity index (χ1) is 11.0. The molecule has 0 bridgehead atoms. The number of benzene rings is 1. The number of fused-ring (bicyclic) bond motifs is 1. The molecule has 1 amide bonds. The van der Waals surface area contributed by atoms with Crippen LogP contribution in [0, 0.1) is 5.41 Å². The predicted molar refractivity (Wildman–Crippen MR) is 88.0 cm³/mol. The van der Waals surface area contributed by atoms with Gasteiger partial charge in [-0.25, -0.2) is 0 Å². The predicted octanol–water partition coefficient (Wildman–Crippen LogP) is 1.18. The highest BCUT2D eigenvalue weighted by molar-refractivity contribution is 5.89. The molecule has 2 saturated carbocycles. The van der Waals surface area contributed by atoms with E-state index >= 15 is 0 Å². The van der Waals surface area contributed by atoms with Crippen molar-refractivity contribution in [3.63, 3.8) is 0 Å². The molecule has 3 aliphatic carbocycles. The van der Waals surface area contributed by atoms with Crippen molar-refractivity contribution >= 4 is 5.91 Å². The van der Waals surface area contributed by atoms with E-state index < -0.39 is 5.54 Å². The number of methoxy groups -OCH3 is 1. The Morgan fingerprint density at radius 2 is 2.04 bits per heavy atom. The second-order valence-corrected chi connectivity index (χ2v) is 7.70. The topological polar surface area (TPSA) is 90.4 Å². The lowest BCUT2D eigenvalue weighted by Crippen LogP contribution is -2.62. The molecular weight excluding hydrogens is 290 g/mol. The molecule has 3 aliphatic rings. The van der Waals surface area contributed by atoms with Gasteiger partial charge in [0.1, 0.15) is 11.3 Å². The summed E-state index contributed by atoms with van der Waals surface area (Å²) in [5, 5.41) is 3.17. The van der Waals surface area contributed by atoms with Crippen molar-refractivity contribution in [3.8, 4) is 5.75 Å². The largest absolute Gasteiger partial charge is 0.496 e. The highest BCUT2D eigenvalue weighted by Crippen LogP contribution is 2.55. The maximum absolute atomic E-state index is 12.8. The molecule has 0 aromatic heterocycles. The van der Waals surface area contributed by atoms with Crippen LogP contribution in [0.3, 0.4) is 0 Å². The zero-order valence-corrected chi connectivity index (χ0v) is 13.6. The van der Waals surface area contributed by atoms with Crippen molar-refractivity contribution in [1.82, 2.24) is 5.32 Å². The Morgan fingerprint density at radius 1 is 1.30 bits per heavy atom. The molecule has 23 heavy (non-hydrogen) atoms. The fourth-order valence-corrected chi connectivity index (χ4v) is 4.91. The molecule has 5 N–H and O–H groups in total. The van der Waals surface area contributed by atoms with Gasteiger partial charge < -0.3 is 21.5 Å². The summed E-state index contributed by atoms with van der Waals surface area (Å²) in [6.07, 6.45) is 5.73. The Labute approximate surface area is 136 Å². The summed E-state index contributed by atoms with van der Waals surface area (Å²) in [6, 6.07) is 6.41. The number of carbonyl (C=O) groups excluding carboxylic acids is 1. The van der Waals surface area contributed by atoms with E-state index in [2.05, 4.69) is 5.32 Å². The first-order valence-electron chi connectivity index (χ1n) is 8.48. The van der Waals surface area contributed by atoms with E-state index in [0.29, 0.717) is 17.9 Å². The molecule has 1 atom stereocenters. The van der Waals surface area contributed by atoms with E-state index in [9.17, 15) is 4.79 Å². The van der Waals surface area contributed by atoms with Gasteiger partial charge in [-0.1, -0.05) is 12.1 Å². The van der Waals surface area contributed by atoms with Gasteiger partial charge in [0, 0.05) is 12.1 Å². The van der Waals surface area contributed by atoms with Crippen LogP contribution in [0.25, 0.3) is 0 Å². The first-order valence-corrected chi connectivity index (χ1v) is 8.48. The van der Waals surface area contributed by atoms with E-state index in [1.165, 1.54) is 0 Å². The van der Waals surface area contributed by atoms with Crippen molar-refractivity contribution in [2.75, 3.05) is 7.11 Å². The Bertz CT molecular complexity index is 646. The number of rotatable bonds is 3. The minimum absolute atomic E-state index is 0.0482. The average Bonchev–Trinajstić information content (AvgIpc) is 2.82. The van der Waals surface area contributed by atoms with Crippen molar-refractivity contribution < 1.29 is 9.53 Å². The summed E-state index contributed by atoms with van der Waals surface area (Å²) in [6.45, 7) is 0. The van der Waals surface area contributed by atoms with Crippen LogP contribution in [0.15, 0.2) is 18.2 Å². The van der Waals surface area contributed by atoms with Crippen LogP contribution in [0.1, 0.15) is 43.2 Å².